The molecule has 1 heterocycles. The van der Waals surface area contributed by atoms with Crippen LogP contribution in [0.25, 0.3) is 0 Å². The fourth-order valence-corrected chi connectivity index (χ4v) is 4.14. The summed E-state index contributed by atoms with van der Waals surface area (Å²) in [7, 11) is 0. The van der Waals surface area contributed by atoms with Gasteiger partial charge in [0.05, 0.1) is 16.4 Å². The third-order valence-electron chi connectivity index (χ3n) is 5.25. The van der Waals surface area contributed by atoms with E-state index in [2.05, 4.69) is 4.99 Å². The van der Waals surface area contributed by atoms with E-state index >= 15 is 0 Å². The first kappa shape index (κ1) is 19.6. The van der Waals surface area contributed by atoms with Gasteiger partial charge in [-0.25, -0.2) is 0 Å². The molecular weight excluding hydrogens is 340 g/mol. The molecule has 8 heteroatoms. The Labute approximate surface area is 150 Å². The monoisotopic (exact) mass is 362 g/mol. The number of carbonyl (C=O) groups is 2. The van der Waals surface area contributed by atoms with Crippen molar-refractivity contribution in [3.8, 4) is 0 Å². The summed E-state index contributed by atoms with van der Waals surface area (Å²) in [6.45, 7) is 5.05. The van der Waals surface area contributed by atoms with Crippen molar-refractivity contribution in [3.05, 3.63) is 39.9 Å². The predicted octanol–water partition coefficient (Wildman–Crippen LogP) is 3.11. The van der Waals surface area contributed by atoms with E-state index in [9.17, 15) is 29.9 Å². The molecular formula is C18H22N2O6. The van der Waals surface area contributed by atoms with Crippen LogP contribution in [0.3, 0.4) is 0 Å². The van der Waals surface area contributed by atoms with Crippen molar-refractivity contribution in [3.63, 3.8) is 0 Å². The average Bonchev–Trinajstić information content (AvgIpc) is 2.56. The summed E-state index contributed by atoms with van der Waals surface area (Å²) in [4.78, 5) is 39.2. The number of nitrogens with zero attached hydrogens (tertiary/aromatic N) is 2. The van der Waals surface area contributed by atoms with Crippen LogP contribution in [-0.2, 0) is 9.59 Å². The smallest absolute Gasteiger partial charge is 0.312 e. The van der Waals surface area contributed by atoms with Gasteiger partial charge in [-0.05, 0) is 25.8 Å². The fraction of sp³-hybridized carbons (Fsp3) is 0.500. The first-order valence-corrected chi connectivity index (χ1v) is 8.41. The number of hydrogen-bond donors (Lipinski definition) is 2. The van der Waals surface area contributed by atoms with Crippen LogP contribution in [0, 0.1) is 21.4 Å². The van der Waals surface area contributed by atoms with Crippen LogP contribution in [0.2, 0.25) is 0 Å². The molecule has 0 spiro atoms. The van der Waals surface area contributed by atoms with Crippen LogP contribution >= 0.6 is 0 Å². The summed E-state index contributed by atoms with van der Waals surface area (Å²) >= 11 is 0. The molecule has 4 atom stereocenters. The molecule has 1 aromatic carbocycles. The highest BCUT2D eigenvalue weighted by Crippen LogP contribution is 2.52. The topological polar surface area (TPSA) is 130 Å². The van der Waals surface area contributed by atoms with Gasteiger partial charge in [-0.2, -0.15) is 0 Å². The molecule has 0 fully saturated rings. The normalized spacial score (nSPS) is 28.3. The molecule has 0 saturated carbocycles. The van der Waals surface area contributed by atoms with Gasteiger partial charge in [-0.1, -0.05) is 25.5 Å². The Kier molecular flexibility index (Phi) is 5.44. The second-order valence-electron chi connectivity index (χ2n) is 6.69. The Morgan fingerprint density at radius 2 is 2.00 bits per heavy atom. The Morgan fingerprint density at radius 1 is 1.35 bits per heavy atom. The first-order chi connectivity index (χ1) is 12.2. The van der Waals surface area contributed by atoms with Gasteiger partial charge in [-0.15, -0.1) is 0 Å². The molecule has 0 radical (unpaired) electrons. The third kappa shape index (κ3) is 3.07. The van der Waals surface area contributed by atoms with Crippen molar-refractivity contribution in [2.75, 3.05) is 0 Å². The second kappa shape index (κ2) is 7.23. The van der Waals surface area contributed by atoms with Crippen molar-refractivity contribution in [2.45, 2.75) is 45.6 Å². The maximum Gasteiger partial charge on any atom is 0.312 e. The molecule has 0 aromatic heterocycles. The van der Waals surface area contributed by atoms with E-state index in [0.717, 1.165) is 0 Å². The van der Waals surface area contributed by atoms with Gasteiger partial charge >= 0.3 is 11.9 Å². The van der Waals surface area contributed by atoms with Crippen molar-refractivity contribution in [1.29, 1.82) is 0 Å². The van der Waals surface area contributed by atoms with Gasteiger partial charge in [-0.3, -0.25) is 24.7 Å². The minimum Gasteiger partial charge on any atom is -0.481 e. The Bertz CT molecular complexity index is 775. The number of rotatable bonds is 6. The zero-order valence-corrected chi connectivity index (χ0v) is 14.9. The minimum absolute atomic E-state index is 0.199. The second-order valence-corrected chi connectivity index (χ2v) is 6.69. The lowest BCUT2D eigenvalue weighted by molar-refractivity contribution is -0.385. The number of hydrogen-bond acceptors (Lipinski definition) is 5. The number of non-ortho nitro benzene ring substituents is 1. The lowest BCUT2D eigenvalue weighted by atomic mass is 9.58. The molecule has 4 unspecified atom stereocenters. The zero-order chi connectivity index (χ0) is 19.6. The first-order valence-electron chi connectivity index (χ1n) is 8.41. The zero-order valence-electron chi connectivity index (χ0n) is 14.9. The fourth-order valence-electron chi connectivity index (χ4n) is 4.14. The Morgan fingerprint density at radius 3 is 2.50 bits per heavy atom. The lowest BCUT2D eigenvalue weighted by Crippen LogP contribution is -2.53. The third-order valence-corrected chi connectivity index (χ3v) is 5.25. The average molecular weight is 362 g/mol. The highest BCUT2D eigenvalue weighted by molar-refractivity contribution is 6.03. The summed E-state index contributed by atoms with van der Waals surface area (Å²) in [5.74, 6) is -4.43. The van der Waals surface area contributed by atoms with E-state index in [0.29, 0.717) is 17.7 Å². The van der Waals surface area contributed by atoms with E-state index in [1.165, 1.54) is 18.2 Å². The number of nitro groups is 1. The molecule has 0 bridgehead atoms. The summed E-state index contributed by atoms with van der Waals surface area (Å²) in [5.41, 5.74) is -0.986. The van der Waals surface area contributed by atoms with Crippen molar-refractivity contribution in [2.24, 2.45) is 16.3 Å². The van der Waals surface area contributed by atoms with E-state index < -0.39 is 40.2 Å². The number of benzene rings is 1. The molecule has 0 saturated heterocycles. The van der Waals surface area contributed by atoms with Gasteiger partial charge in [0.2, 0.25) is 0 Å². The number of nitro benzene ring substituents is 1. The van der Waals surface area contributed by atoms with Crippen LogP contribution in [0.4, 0.5) is 5.69 Å². The van der Waals surface area contributed by atoms with Crippen molar-refractivity contribution in [1.82, 2.24) is 0 Å². The van der Waals surface area contributed by atoms with E-state index in [4.69, 9.17) is 0 Å². The summed E-state index contributed by atoms with van der Waals surface area (Å²) in [5, 5.41) is 31.0. The van der Waals surface area contributed by atoms with Crippen LogP contribution in [-0.4, -0.2) is 38.8 Å². The quantitative estimate of drug-likeness (QED) is 0.590. The standard InChI is InChI=1S/C18H22N2O6/c1-4-8-18(17(23)24)11(3)19-10(2)14(16(21)22)15(18)12-6-5-7-13(9-12)20(25)26/h5-7,9,11,14-15H,4,8H2,1-3H3,(H,21,22)(H,23,24). The van der Waals surface area contributed by atoms with Gasteiger partial charge < -0.3 is 10.2 Å². The van der Waals surface area contributed by atoms with Crippen LogP contribution in [0.5, 0.6) is 0 Å². The largest absolute Gasteiger partial charge is 0.481 e. The molecule has 2 N–H and O–H groups in total. The van der Waals surface area contributed by atoms with E-state index in [1.54, 1.807) is 19.9 Å². The van der Waals surface area contributed by atoms with Crippen molar-refractivity contribution < 1.29 is 24.7 Å². The number of carboxylic acid groups (broad SMARTS) is 2. The molecule has 26 heavy (non-hydrogen) atoms. The van der Waals surface area contributed by atoms with E-state index in [1.807, 2.05) is 6.92 Å². The Balaban J connectivity index is 2.80. The molecule has 0 amide bonds. The molecule has 0 aliphatic carbocycles. The molecule has 1 aliphatic heterocycles. The molecule has 2 rings (SSSR count). The summed E-state index contributed by atoms with van der Waals surface area (Å²) in [6, 6.07) is 4.94. The highest BCUT2D eigenvalue weighted by Gasteiger charge is 2.57. The van der Waals surface area contributed by atoms with Crippen LogP contribution in [0.15, 0.2) is 29.3 Å². The number of aliphatic imine (C=N–C) groups is 1. The number of carboxylic acids is 2. The van der Waals surface area contributed by atoms with Gasteiger partial charge in [0.15, 0.2) is 0 Å². The maximum absolute atomic E-state index is 12.4. The molecule has 8 nitrogen and oxygen atoms in total. The summed E-state index contributed by atoms with van der Waals surface area (Å²) in [6.07, 6.45) is 0.737. The maximum atomic E-state index is 12.4. The summed E-state index contributed by atoms with van der Waals surface area (Å²) < 4.78 is 0. The molecule has 140 valence electrons. The minimum atomic E-state index is -1.45. The highest BCUT2D eigenvalue weighted by atomic mass is 16.6. The van der Waals surface area contributed by atoms with Gasteiger partial charge in [0.25, 0.3) is 5.69 Å². The predicted molar refractivity (Wildman–Crippen MR) is 94.5 cm³/mol. The Hall–Kier alpha value is -2.77. The number of aliphatic carboxylic acids is 2. The van der Waals surface area contributed by atoms with Crippen LogP contribution < -0.4 is 0 Å². The lowest BCUT2D eigenvalue weighted by Gasteiger charge is -2.46. The van der Waals surface area contributed by atoms with Crippen LogP contribution in [0.1, 0.15) is 45.1 Å². The van der Waals surface area contributed by atoms with Crippen molar-refractivity contribution >= 4 is 23.3 Å². The molecule has 1 aliphatic rings. The molecule has 1 aromatic rings. The van der Waals surface area contributed by atoms with Gasteiger partial charge in [0, 0.05) is 23.8 Å². The van der Waals surface area contributed by atoms with E-state index in [-0.39, 0.29) is 12.1 Å². The van der Waals surface area contributed by atoms with Gasteiger partial charge in [0.1, 0.15) is 5.92 Å². The SMILES string of the molecule is CCCC1(C(=O)O)C(C)N=C(C)C(C(=O)O)C1c1cccc([N+](=O)[O-])c1.